The molecule has 1 aromatic heterocycles. The Morgan fingerprint density at radius 3 is 2.92 bits per heavy atom. The lowest BCUT2D eigenvalue weighted by molar-refractivity contribution is 0.0698. The van der Waals surface area contributed by atoms with Crippen molar-refractivity contribution in [3.63, 3.8) is 0 Å². The topological polar surface area (TPSA) is 102 Å². The highest BCUT2D eigenvalue weighted by Crippen LogP contribution is 2.35. The van der Waals surface area contributed by atoms with E-state index in [1.807, 2.05) is 4.90 Å². The third kappa shape index (κ3) is 3.54. The van der Waals surface area contributed by atoms with Crippen molar-refractivity contribution in [3.05, 3.63) is 29.6 Å². The van der Waals surface area contributed by atoms with Crippen LogP contribution in [0.5, 0.6) is 5.75 Å². The Morgan fingerprint density at radius 2 is 2.32 bits per heavy atom. The minimum Gasteiger partial charge on any atom is -0.494 e. The number of benzene rings is 1. The number of carboxylic acids is 1. The number of halogens is 2. The van der Waals surface area contributed by atoms with E-state index in [-0.39, 0.29) is 35.3 Å². The molecule has 1 aliphatic heterocycles. The Balaban J connectivity index is 0.00000225. The first-order valence-electron chi connectivity index (χ1n) is 7.57. The van der Waals surface area contributed by atoms with E-state index in [2.05, 4.69) is 5.16 Å². The van der Waals surface area contributed by atoms with Crippen LogP contribution in [-0.2, 0) is 0 Å². The molecule has 0 amide bonds. The average Bonchev–Trinajstić information content (AvgIpc) is 3.21. The fourth-order valence-corrected chi connectivity index (χ4v) is 2.91. The van der Waals surface area contributed by atoms with E-state index in [0.29, 0.717) is 31.1 Å². The maximum atomic E-state index is 13.6. The average molecular weight is 372 g/mol. The van der Waals surface area contributed by atoms with Gasteiger partial charge in [0.25, 0.3) is 0 Å². The van der Waals surface area contributed by atoms with Crippen molar-refractivity contribution in [1.82, 2.24) is 5.16 Å². The molecule has 0 saturated carbocycles. The number of aromatic carboxylic acids is 1. The largest absolute Gasteiger partial charge is 0.494 e. The Hall–Kier alpha value is -2.32. The van der Waals surface area contributed by atoms with Gasteiger partial charge in [0.2, 0.25) is 0 Å². The Labute approximate surface area is 149 Å². The Bertz CT molecular complexity index is 768. The van der Waals surface area contributed by atoms with Crippen molar-refractivity contribution in [2.45, 2.75) is 6.42 Å². The quantitative estimate of drug-likeness (QED) is 0.831. The molecular formula is C16H19ClFN3O4. The van der Waals surface area contributed by atoms with Crippen LogP contribution in [0.1, 0.15) is 16.8 Å². The zero-order valence-electron chi connectivity index (χ0n) is 13.6. The van der Waals surface area contributed by atoms with Crippen molar-refractivity contribution in [2.24, 2.45) is 11.7 Å². The smallest absolute Gasteiger partial charge is 0.343 e. The Kier molecular flexibility index (Phi) is 5.86. The van der Waals surface area contributed by atoms with Crippen LogP contribution in [0.25, 0.3) is 11.3 Å². The van der Waals surface area contributed by atoms with Gasteiger partial charge in [-0.25, -0.2) is 9.18 Å². The molecule has 1 atom stereocenters. The molecule has 0 bridgehead atoms. The number of nitrogens with two attached hydrogens (primary N) is 1. The van der Waals surface area contributed by atoms with Crippen molar-refractivity contribution in [2.75, 3.05) is 31.6 Å². The normalized spacial score (nSPS) is 16.6. The molecule has 1 aliphatic rings. The predicted octanol–water partition coefficient (Wildman–Crippen LogP) is 2.39. The molecule has 3 N–H and O–H groups in total. The van der Waals surface area contributed by atoms with Gasteiger partial charge in [0.1, 0.15) is 0 Å². The summed E-state index contributed by atoms with van der Waals surface area (Å²) in [7, 11) is 1.34. The van der Waals surface area contributed by atoms with Crippen molar-refractivity contribution in [1.29, 1.82) is 0 Å². The van der Waals surface area contributed by atoms with Crippen LogP contribution in [0.3, 0.4) is 0 Å². The molecule has 136 valence electrons. The second-order valence-electron chi connectivity index (χ2n) is 5.70. The number of anilines is 1. The highest BCUT2D eigenvalue weighted by atomic mass is 35.5. The fraction of sp³-hybridized carbons (Fsp3) is 0.375. The van der Waals surface area contributed by atoms with Gasteiger partial charge >= 0.3 is 5.97 Å². The molecule has 25 heavy (non-hydrogen) atoms. The lowest BCUT2D eigenvalue weighted by Gasteiger charge is -2.15. The number of carbonyl (C=O) groups is 1. The molecule has 1 aromatic carbocycles. The van der Waals surface area contributed by atoms with Gasteiger partial charge in [0.05, 0.1) is 7.11 Å². The number of methoxy groups -OCH3 is 1. The monoisotopic (exact) mass is 371 g/mol. The van der Waals surface area contributed by atoms with E-state index in [4.69, 9.17) is 15.0 Å². The highest BCUT2D eigenvalue weighted by Gasteiger charge is 2.31. The van der Waals surface area contributed by atoms with Gasteiger partial charge in [-0.1, -0.05) is 5.16 Å². The SMILES string of the molecule is COc1cc(-c2onc(N3CCC(CN)C3)c2C(=O)O)ccc1F.Cl. The summed E-state index contributed by atoms with van der Waals surface area (Å²) in [6, 6.07) is 4.02. The molecule has 1 fully saturated rings. The first-order chi connectivity index (χ1) is 11.5. The number of rotatable bonds is 5. The third-order valence-electron chi connectivity index (χ3n) is 4.22. The van der Waals surface area contributed by atoms with Crippen molar-refractivity contribution < 1.29 is 23.6 Å². The van der Waals surface area contributed by atoms with Crippen molar-refractivity contribution in [3.8, 4) is 17.1 Å². The van der Waals surface area contributed by atoms with Crippen LogP contribution in [0.15, 0.2) is 22.7 Å². The molecule has 0 spiro atoms. The van der Waals surface area contributed by atoms with E-state index < -0.39 is 11.8 Å². The van der Waals surface area contributed by atoms with Crippen LogP contribution < -0.4 is 15.4 Å². The number of ether oxygens (including phenoxy) is 1. The minimum atomic E-state index is -1.15. The number of aromatic nitrogens is 1. The van der Waals surface area contributed by atoms with Gasteiger partial charge in [-0.05, 0) is 37.1 Å². The third-order valence-corrected chi connectivity index (χ3v) is 4.22. The summed E-state index contributed by atoms with van der Waals surface area (Å²) in [5, 5.41) is 13.5. The summed E-state index contributed by atoms with van der Waals surface area (Å²) in [6.07, 6.45) is 0.877. The maximum Gasteiger partial charge on any atom is 0.343 e. The minimum absolute atomic E-state index is 0. The van der Waals surface area contributed by atoms with E-state index >= 15 is 0 Å². The van der Waals surface area contributed by atoms with Gasteiger partial charge in [-0.15, -0.1) is 12.4 Å². The fourth-order valence-electron chi connectivity index (χ4n) is 2.91. The molecule has 1 saturated heterocycles. The lowest BCUT2D eigenvalue weighted by Crippen LogP contribution is -2.24. The van der Waals surface area contributed by atoms with Gasteiger partial charge in [0.15, 0.2) is 28.7 Å². The molecule has 2 heterocycles. The van der Waals surface area contributed by atoms with E-state index in [0.717, 1.165) is 6.42 Å². The maximum absolute atomic E-state index is 13.6. The van der Waals surface area contributed by atoms with E-state index in [1.165, 1.54) is 25.3 Å². The van der Waals surface area contributed by atoms with E-state index in [9.17, 15) is 14.3 Å². The lowest BCUT2D eigenvalue weighted by atomic mass is 10.1. The zero-order chi connectivity index (χ0) is 17.3. The summed E-state index contributed by atoms with van der Waals surface area (Å²) in [6.45, 7) is 1.84. The standard InChI is InChI=1S/C16H18FN3O4.ClH/c1-23-12-6-10(2-3-11(12)17)14-13(16(21)22)15(19-24-14)20-5-4-9(7-18)8-20;/h2-3,6,9H,4-5,7-8,18H2,1H3,(H,21,22);1H. The molecule has 0 aliphatic carbocycles. The van der Waals surface area contributed by atoms with Crippen LogP contribution in [0.2, 0.25) is 0 Å². The first-order valence-corrected chi connectivity index (χ1v) is 7.57. The molecule has 7 nitrogen and oxygen atoms in total. The van der Waals surface area contributed by atoms with Crippen molar-refractivity contribution >= 4 is 24.2 Å². The number of hydrogen-bond donors (Lipinski definition) is 2. The highest BCUT2D eigenvalue weighted by molar-refractivity contribution is 5.99. The summed E-state index contributed by atoms with van der Waals surface area (Å²) in [5.74, 6) is -1.03. The molecule has 0 radical (unpaired) electrons. The summed E-state index contributed by atoms with van der Waals surface area (Å²) >= 11 is 0. The summed E-state index contributed by atoms with van der Waals surface area (Å²) in [4.78, 5) is 13.6. The van der Waals surface area contributed by atoms with Crippen LogP contribution in [0, 0.1) is 11.7 Å². The molecule has 3 rings (SSSR count). The number of nitrogens with zero attached hydrogens (tertiary/aromatic N) is 2. The first kappa shape index (κ1) is 19.0. The van der Waals surface area contributed by atoms with Crippen LogP contribution in [-0.4, -0.2) is 43.0 Å². The molecule has 1 unspecified atom stereocenters. The van der Waals surface area contributed by atoms with E-state index in [1.54, 1.807) is 0 Å². The Morgan fingerprint density at radius 1 is 1.56 bits per heavy atom. The molecule has 2 aromatic rings. The van der Waals surface area contributed by atoms with Crippen LogP contribution in [0.4, 0.5) is 10.2 Å². The van der Waals surface area contributed by atoms with Crippen LogP contribution >= 0.6 is 12.4 Å². The van der Waals surface area contributed by atoms with Gasteiger partial charge in [0, 0.05) is 18.7 Å². The number of carboxylic acid groups (broad SMARTS) is 1. The zero-order valence-corrected chi connectivity index (χ0v) is 14.4. The second kappa shape index (κ2) is 7.71. The van der Waals surface area contributed by atoms with Gasteiger partial charge in [-0.3, -0.25) is 0 Å². The predicted molar refractivity (Wildman–Crippen MR) is 92.0 cm³/mol. The molecule has 9 heteroatoms. The second-order valence-corrected chi connectivity index (χ2v) is 5.70. The van der Waals surface area contributed by atoms with Gasteiger partial charge < -0.3 is 25.0 Å². The van der Waals surface area contributed by atoms with Gasteiger partial charge in [-0.2, -0.15) is 0 Å². The summed E-state index contributed by atoms with van der Waals surface area (Å²) < 4.78 is 23.8. The summed E-state index contributed by atoms with van der Waals surface area (Å²) in [5.41, 5.74) is 6.03. The number of hydrogen-bond acceptors (Lipinski definition) is 6. The molecular weight excluding hydrogens is 353 g/mol.